The Morgan fingerprint density at radius 1 is 1.15 bits per heavy atom. The van der Waals surface area contributed by atoms with Crippen LogP contribution in [0.5, 0.6) is 5.75 Å². The Kier molecular flexibility index (Phi) is 4.23. The molecule has 0 fully saturated rings. The molecule has 136 valence electrons. The number of hydrogen-bond acceptors (Lipinski definition) is 4. The smallest absolute Gasteiger partial charge is 0.426 e. The van der Waals surface area contributed by atoms with Gasteiger partial charge in [-0.1, -0.05) is 24.3 Å². The maximum absolute atomic E-state index is 12.8. The molecule has 2 aromatic carbocycles. The predicted octanol–water partition coefficient (Wildman–Crippen LogP) is 3.06. The van der Waals surface area contributed by atoms with E-state index in [9.17, 15) is 27.9 Å². The lowest BCUT2D eigenvalue weighted by Crippen LogP contribution is -2.52. The molecule has 8 heteroatoms. The summed E-state index contributed by atoms with van der Waals surface area (Å²) in [5.74, 6) is -1.76. The second-order valence-corrected chi connectivity index (χ2v) is 6.01. The molecule has 0 radical (unpaired) electrons. The molecule has 0 saturated carbocycles. The quantitative estimate of drug-likeness (QED) is 0.858. The van der Waals surface area contributed by atoms with E-state index in [0.717, 1.165) is 0 Å². The van der Waals surface area contributed by atoms with Crippen LogP contribution < -0.4 is 10.1 Å². The maximum Gasteiger partial charge on any atom is 0.426 e. The van der Waals surface area contributed by atoms with Crippen LogP contribution in [-0.2, 0) is 11.4 Å². The Morgan fingerprint density at radius 3 is 2.54 bits per heavy atom. The van der Waals surface area contributed by atoms with Gasteiger partial charge in [-0.25, -0.2) is 0 Å². The largest absolute Gasteiger partial charge is 0.488 e. The molecular formula is C18H14F3NO4. The van der Waals surface area contributed by atoms with E-state index in [1.807, 2.05) is 5.32 Å². The summed E-state index contributed by atoms with van der Waals surface area (Å²) >= 11 is 0. The number of ether oxygens (including phenoxy) is 1. The van der Waals surface area contributed by atoms with Gasteiger partial charge >= 0.3 is 6.18 Å². The van der Waals surface area contributed by atoms with Crippen molar-refractivity contribution < 1.29 is 32.6 Å². The van der Waals surface area contributed by atoms with Crippen molar-refractivity contribution in [1.82, 2.24) is 0 Å². The monoisotopic (exact) mass is 365 g/mol. The number of amides is 1. The topological polar surface area (TPSA) is 75.6 Å². The SMILES string of the molecule is CC(O)(C(=O)Nc1ccc2c(c1)C(=O)c1ccccc1CO2)C(F)(F)F. The van der Waals surface area contributed by atoms with Gasteiger partial charge in [-0.15, -0.1) is 0 Å². The molecule has 0 saturated heterocycles. The fraction of sp³-hybridized carbons (Fsp3) is 0.222. The number of aliphatic hydroxyl groups is 1. The second kappa shape index (κ2) is 6.14. The van der Waals surface area contributed by atoms with E-state index in [0.29, 0.717) is 18.1 Å². The first-order chi connectivity index (χ1) is 12.1. The molecule has 1 aliphatic rings. The second-order valence-electron chi connectivity index (χ2n) is 6.01. The lowest BCUT2D eigenvalue weighted by atomic mass is 9.98. The van der Waals surface area contributed by atoms with Crippen molar-refractivity contribution in [3.05, 3.63) is 59.2 Å². The van der Waals surface area contributed by atoms with Crippen LogP contribution in [0.4, 0.5) is 18.9 Å². The highest BCUT2D eigenvalue weighted by molar-refractivity contribution is 6.12. The zero-order chi connectivity index (χ0) is 19.1. The minimum atomic E-state index is -5.14. The summed E-state index contributed by atoms with van der Waals surface area (Å²) in [6.45, 7) is 0.527. The fourth-order valence-electron chi connectivity index (χ4n) is 2.46. The number of carbonyl (C=O) groups is 2. The third-order valence-corrected chi connectivity index (χ3v) is 4.12. The van der Waals surface area contributed by atoms with Crippen LogP contribution >= 0.6 is 0 Å². The van der Waals surface area contributed by atoms with Gasteiger partial charge in [0.1, 0.15) is 12.4 Å². The molecule has 26 heavy (non-hydrogen) atoms. The molecule has 3 rings (SSSR count). The fourth-order valence-corrected chi connectivity index (χ4v) is 2.46. The van der Waals surface area contributed by atoms with Gasteiger partial charge in [0.15, 0.2) is 5.78 Å². The number of nitrogens with one attached hydrogen (secondary N) is 1. The molecule has 0 aromatic heterocycles. The van der Waals surface area contributed by atoms with Gasteiger partial charge in [0.05, 0.1) is 5.56 Å². The van der Waals surface area contributed by atoms with E-state index in [1.54, 1.807) is 24.3 Å². The van der Waals surface area contributed by atoms with Gasteiger partial charge in [0, 0.05) is 16.8 Å². The van der Waals surface area contributed by atoms with E-state index in [2.05, 4.69) is 0 Å². The molecule has 1 aliphatic heterocycles. The first-order valence-corrected chi connectivity index (χ1v) is 7.61. The molecule has 0 bridgehead atoms. The minimum absolute atomic E-state index is 0.0605. The number of ketones is 1. The molecule has 2 N–H and O–H groups in total. The summed E-state index contributed by atoms with van der Waals surface area (Å²) in [5.41, 5.74) is -2.42. The van der Waals surface area contributed by atoms with Crippen molar-refractivity contribution in [2.24, 2.45) is 0 Å². The Bertz CT molecular complexity index is 890. The van der Waals surface area contributed by atoms with Crippen molar-refractivity contribution >= 4 is 17.4 Å². The van der Waals surface area contributed by atoms with Crippen LogP contribution in [0.3, 0.4) is 0 Å². The zero-order valence-electron chi connectivity index (χ0n) is 13.6. The number of alkyl halides is 3. The van der Waals surface area contributed by atoms with E-state index in [-0.39, 0.29) is 29.4 Å². The third kappa shape index (κ3) is 3.03. The van der Waals surface area contributed by atoms with Gasteiger partial charge in [0.25, 0.3) is 5.91 Å². The number of halogens is 3. The summed E-state index contributed by atoms with van der Waals surface area (Å²) in [6.07, 6.45) is -5.14. The average molecular weight is 365 g/mol. The van der Waals surface area contributed by atoms with E-state index in [4.69, 9.17) is 4.74 Å². The number of fused-ring (bicyclic) bond motifs is 2. The third-order valence-electron chi connectivity index (χ3n) is 4.12. The van der Waals surface area contributed by atoms with Gasteiger partial charge in [-0.05, 0) is 25.1 Å². The van der Waals surface area contributed by atoms with Crippen LogP contribution in [0.25, 0.3) is 0 Å². The van der Waals surface area contributed by atoms with Crippen molar-refractivity contribution in [1.29, 1.82) is 0 Å². The molecule has 1 unspecified atom stereocenters. The van der Waals surface area contributed by atoms with Crippen molar-refractivity contribution in [2.75, 3.05) is 5.32 Å². The summed E-state index contributed by atoms with van der Waals surface area (Å²) in [7, 11) is 0. The van der Waals surface area contributed by atoms with E-state index in [1.165, 1.54) is 18.2 Å². The van der Waals surface area contributed by atoms with Crippen LogP contribution in [0.2, 0.25) is 0 Å². The summed E-state index contributed by atoms with van der Waals surface area (Å²) < 4.78 is 43.8. The lowest BCUT2D eigenvalue weighted by Gasteiger charge is -2.25. The molecule has 5 nitrogen and oxygen atoms in total. The van der Waals surface area contributed by atoms with Crippen molar-refractivity contribution in [2.45, 2.75) is 25.3 Å². The van der Waals surface area contributed by atoms with E-state index < -0.39 is 17.7 Å². The molecule has 1 heterocycles. The molecule has 1 atom stereocenters. The molecule has 0 aliphatic carbocycles. The Morgan fingerprint density at radius 2 is 1.85 bits per heavy atom. The van der Waals surface area contributed by atoms with Gasteiger partial charge in [-0.2, -0.15) is 13.2 Å². The highest BCUT2D eigenvalue weighted by Crippen LogP contribution is 2.33. The number of carbonyl (C=O) groups excluding carboxylic acids is 2. The van der Waals surface area contributed by atoms with Gasteiger partial charge in [0.2, 0.25) is 5.60 Å². The Labute approximate surface area is 146 Å². The van der Waals surface area contributed by atoms with Crippen LogP contribution in [0, 0.1) is 0 Å². The number of hydrogen-bond donors (Lipinski definition) is 2. The highest BCUT2D eigenvalue weighted by Gasteiger charge is 2.55. The maximum atomic E-state index is 12.8. The van der Waals surface area contributed by atoms with Crippen molar-refractivity contribution in [3.63, 3.8) is 0 Å². The highest BCUT2D eigenvalue weighted by atomic mass is 19.4. The Balaban J connectivity index is 1.93. The molecule has 2 aromatic rings. The van der Waals surface area contributed by atoms with Crippen molar-refractivity contribution in [3.8, 4) is 5.75 Å². The van der Waals surface area contributed by atoms with Crippen LogP contribution in [-0.4, -0.2) is 28.6 Å². The van der Waals surface area contributed by atoms with Gasteiger partial charge in [-0.3, -0.25) is 9.59 Å². The van der Waals surface area contributed by atoms with Gasteiger partial charge < -0.3 is 15.2 Å². The Hall–Kier alpha value is -2.87. The minimum Gasteiger partial charge on any atom is -0.488 e. The van der Waals surface area contributed by atoms with E-state index >= 15 is 0 Å². The number of benzene rings is 2. The number of rotatable bonds is 2. The molecular weight excluding hydrogens is 351 g/mol. The standard InChI is InChI=1S/C18H14F3NO4/c1-17(25,18(19,20)21)16(24)22-11-6-7-14-13(8-11)15(23)12-5-3-2-4-10(12)9-26-14/h2-8,25H,9H2,1H3,(H,22,24). The first kappa shape index (κ1) is 17.9. The normalized spacial score (nSPS) is 15.8. The first-order valence-electron chi connectivity index (χ1n) is 7.61. The lowest BCUT2D eigenvalue weighted by molar-refractivity contribution is -0.242. The average Bonchev–Trinajstić information content (AvgIpc) is 2.72. The summed E-state index contributed by atoms with van der Waals surface area (Å²) in [5, 5.41) is 11.4. The molecule has 1 amide bonds. The number of anilines is 1. The van der Waals surface area contributed by atoms with Crippen LogP contribution in [0.15, 0.2) is 42.5 Å². The summed E-state index contributed by atoms with van der Waals surface area (Å²) in [4.78, 5) is 24.5. The summed E-state index contributed by atoms with van der Waals surface area (Å²) in [6, 6.07) is 10.7. The zero-order valence-corrected chi connectivity index (χ0v) is 13.6. The van der Waals surface area contributed by atoms with Crippen LogP contribution in [0.1, 0.15) is 28.4 Å². The molecule has 0 spiro atoms. The predicted molar refractivity (Wildman–Crippen MR) is 86.0 cm³/mol.